The zero-order valence-electron chi connectivity index (χ0n) is 13.9. The molecule has 0 fully saturated rings. The van der Waals surface area contributed by atoms with Gasteiger partial charge < -0.3 is 11.5 Å². The first kappa shape index (κ1) is 15.2. The number of nitrogens with two attached hydrogens (primary N) is 2. The molecule has 0 unspecified atom stereocenters. The molecule has 0 aliphatic heterocycles. The highest BCUT2D eigenvalue weighted by atomic mass is 14.6. The van der Waals surface area contributed by atoms with Crippen LogP contribution in [0.25, 0.3) is 22.3 Å². The molecule has 3 aromatic carbocycles. The minimum atomic E-state index is 0.810. The third-order valence-electron chi connectivity index (χ3n) is 4.21. The van der Waals surface area contributed by atoms with Gasteiger partial charge in [0.25, 0.3) is 0 Å². The lowest BCUT2D eigenvalue weighted by Crippen LogP contribution is -1.93. The monoisotopic (exact) mass is 302 g/mol. The highest BCUT2D eigenvalue weighted by Crippen LogP contribution is 2.32. The standard InChI is InChI=1S/C21H22N2/c1-13-4-7-19(21(23)10-13)18-9-14(2)8-17(11-18)16-6-5-15(3)20(22)12-16/h4-12H,22-23H2,1-3H3. The van der Waals surface area contributed by atoms with Crippen LogP contribution in [0.5, 0.6) is 0 Å². The average molecular weight is 302 g/mol. The van der Waals surface area contributed by atoms with E-state index in [1.54, 1.807) is 0 Å². The van der Waals surface area contributed by atoms with E-state index < -0.39 is 0 Å². The molecule has 23 heavy (non-hydrogen) atoms. The average Bonchev–Trinajstić information content (AvgIpc) is 2.49. The molecule has 0 radical (unpaired) electrons. The molecule has 0 amide bonds. The van der Waals surface area contributed by atoms with Crippen molar-refractivity contribution in [3.05, 3.63) is 71.3 Å². The quantitative estimate of drug-likeness (QED) is 0.646. The molecule has 2 nitrogen and oxygen atoms in total. The van der Waals surface area contributed by atoms with Gasteiger partial charge >= 0.3 is 0 Å². The third-order valence-corrected chi connectivity index (χ3v) is 4.21. The fraction of sp³-hybridized carbons (Fsp3) is 0.143. The maximum atomic E-state index is 6.22. The number of hydrogen-bond acceptors (Lipinski definition) is 2. The Bertz CT molecular complexity index is 879. The van der Waals surface area contributed by atoms with E-state index in [1.807, 2.05) is 19.1 Å². The van der Waals surface area contributed by atoms with Gasteiger partial charge in [-0.1, -0.05) is 36.4 Å². The molecule has 0 saturated heterocycles. The molecule has 4 N–H and O–H groups in total. The highest BCUT2D eigenvalue weighted by Gasteiger charge is 2.07. The van der Waals surface area contributed by atoms with Crippen LogP contribution in [-0.2, 0) is 0 Å². The Morgan fingerprint density at radius 2 is 1.30 bits per heavy atom. The zero-order valence-corrected chi connectivity index (χ0v) is 13.9. The second kappa shape index (κ2) is 5.81. The van der Waals surface area contributed by atoms with Gasteiger partial charge in [0.15, 0.2) is 0 Å². The van der Waals surface area contributed by atoms with Crippen molar-refractivity contribution in [3.8, 4) is 22.3 Å². The first-order valence-corrected chi connectivity index (χ1v) is 7.79. The van der Waals surface area contributed by atoms with Crippen molar-refractivity contribution in [1.82, 2.24) is 0 Å². The van der Waals surface area contributed by atoms with Crippen molar-refractivity contribution in [2.24, 2.45) is 0 Å². The van der Waals surface area contributed by atoms with Crippen LogP contribution >= 0.6 is 0 Å². The van der Waals surface area contributed by atoms with E-state index >= 15 is 0 Å². The van der Waals surface area contributed by atoms with Crippen molar-refractivity contribution in [2.75, 3.05) is 11.5 Å². The van der Waals surface area contributed by atoms with Gasteiger partial charge in [0.05, 0.1) is 0 Å². The van der Waals surface area contributed by atoms with Crippen molar-refractivity contribution in [2.45, 2.75) is 20.8 Å². The maximum Gasteiger partial charge on any atom is 0.0396 e. The van der Waals surface area contributed by atoms with Crippen LogP contribution in [0.15, 0.2) is 54.6 Å². The van der Waals surface area contributed by atoms with Crippen LogP contribution in [-0.4, -0.2) is 0 Å². The lowest BCUT2D eigenvalue weighted by molar-refractivity contribution is 1.43. The first-order chi connectivity index (χ1) is 10.9. The lowest BCUT2D eigenvalue weighted by Gasteiger charge is -2.12. The Morgan fingerprint density at radius 3 is 2.00 bits per heavy atom. The Kier molecular flexibility index (Phi) is 3.83. The summed E-state index contributed by atoms with van der Waals surface area (Å²) in [4.78, 5) is 0. The van der Waals surface area contributed by atoms with Gasteiger partial charge in [0.1, 0.15) is 0 Å². The number of aryl methyl sites for hydroxylation is 3. The van der Waals surface area contributed by atoms with Gasteiger partial charge in [-0.05, 0) is 72.4 Å². The topological polar surface area (TPSA) is 52.0 Å². The second-order valence-corrected chi connectivity index (χ2v) is 6.25. The van der Waals surface area contributed by atoms with E-state index in [-0.39, 0.29) is 0 Å². The molecule has 3 aromatic rings. The molecule has 0 bridgehead atoms. The Labute approximate surface area is 137 Å². The summed E-state index contributed by atoms with van der Waals surface area (Å²) < 4.78 is 0. The lowest BCUT2D eigenvalue weighted by atomic mass is 9.94. The number of anilines is 2. The van der Waals surface area contributed by atoms with E-state index in [2.05, 4.69) is 56.3 Å². The van der Waals surface area contributed by atoms with Crippen molar-refractivity contribution >= 4 is 11.4 Å². The summed E-state index contributed by atoms with van der Waals surface area (Å²) in [5, 5.41) is 0. The van der Waals surface area contributed by atoms with Crippen LogP contribution in [0.4, 0.5) is 11.4 Å². The van der Waals surface area contributed by atoms with E-state index in [9.17, 15) is 0 Å². The third kappa shape index (κ3) is 3.07. The van der Waals surface area contributed by atoms with Crippen molar-refractivity contribution < 1.29 is 0 Å². The summed E-state index contributed by atoms with van der Waals surface area (Å²) in [6.45, 7) is 6.18. The minimum absolute atomic E-state index is 0.810. The summed E-state index contributed by atoms with van der Waals surface area (Å²) in [6, 6.07) is 18.9. The largest absolute Gasteiger partial charge is 0.398 e. The predicted octanol–water partition coefficient (Wildman–Crippen LogP) is 5.11. The van der Waals surface area contributed by atoms with Crippen LogP contribution in [0, 0.1) is 20.8 Å². The molecule has 0 atom stereocenters. The van der Waals surface area contributed by atoms with Gasteiger partial charge in [0.2, 0.25) is 0 Å². The van der Waals surface area contributed by atoms with Gasteiger partial charge in [-0.2, -0.15) is 0 Å². The molecule has 3 rings (SSSR count). The first-order valence-electron chi connectivity index (χ1n) is 7.79. The molecule has 0 saturated carbocycles. The van der Waals surface area contributed by atoms with Crippen LogP contribution in [0.2, 0.25) is 0 Å². The Morgan fingerprint density at radius 1 is 0.565 bits per heavy atom. The molecule has 0 aromatic heterocycles. The molecule has 116 valence electrons. The molecule has 0 aliphatic rings. The van der Waals surface area contributed by atoms with Gasteiger partial charge in [-0.15, -0.1) is 0 Å². The number of rotatable bonds is 2. The summed E-state index contributed by atoms with van der Waals surface area (Å²) >= 11 is 0. The summed E-state index contributed by atoms with van der Waals surface area (Å²) in [7, 11) is 0. The Hall–Kier alpha value is -2.74. The molecular weight excluding hydrogens is 280 g/mol. The van der Waals surface area contributed by atoms with Crippen LogP contribution in [0.3, 0.4) is 0 Å². The fourth-order valence-corrected chi connectivity index (χ4v) is 2.87. The summed E-state index contributed by atoms with van der Waals surface area (Å²) in [5.74, 6) is 0. The van der Waals surface area contributed by atoms with Crippen LogP contribution < -0.4 is 11.5 Å². The molecule has 0 heterocycles. The van der Waals surface area contributed by atoms with E-state index in [0.29, 0.717) is 0 Å². The van der Waals surface area contributed by atoms with Gasteiger partial charge in [-0.25, -0.2) is 0 Å². The second-order valence-electron chi connectivity index (χ2n) is 6.25. The van der Waals surface area contributed by atoms with Gasteiger partial charge in [0, 0.05) is 16.9 Å². The van der Waals surface area contributed by atoms with Crippen molar-refractivity contribution in [3.63, 3.8) is 0 Å². The van der Waals surface area contributed by atoms with E-state index in [4.69, 9.17) is 11.5 Å². The molecule has 0 aliphatic carbocycles. The summed E-state index contributed by atoms with van der Waals surface area (Å²) in [6.07, 6.45) is 0. The normalized spacial score (nSPS) is 10.7. The predicted molar refractivity (Wildman–Crippen MR) is 100 cm³/mol. The summed E-state index contributed by atoms with van der Waals surface area (Å²) in [5.41, 5.74) is 21.9. The van der Waals surface area contributed by atoms with Crippen LogP contribution in [0.1, 0.15) is 16.7 Å². The zero-order chi connectivity index (χ0) is 16.6. The maximum absolute atomic E-state index is 6.22. The SMILES string of the molecule is Cc1cc(-c2ccc(C)c(N)c2)cc(-c2ccc(C)cc2N)c1. The van der Waals surface area contributed by atoms with Crippen molar-refractivity contribution in [1.29, 1.82) is 0 Å². The van der Waals surface area contributed by atoms with Gasteiger partial charge in [-0.3, -0.25) is 0 Å². The molecular formula is C21H22N2. The molecule has 2 heteroatoms. The number of hydrogen-bond donors (Lipinski definition) is 2. The van der Waals surface area contributed by atoms with E-state index in [0.717, 1.165) is 39.2 Å². The highest BCUT2D eigenvalue weighted by molar-refractivity contribution is 5.81. The Balaban J connectivity index is 2.14. The smallest absolute Gasteiger partial charge is 0.0396 e. The number of nitrogen functional groups attached to an aromatic ring is 2. The fourth-order valence-electron chi connectivity index (χ4n) is 2.87. The molecule has 0 spiro atoms. The van der Waals surface area contributed by atoms with E-state index in [1.165, 1.54) is 11.1 Å². The minimum Gasteiger partial charge on any atom is -0.398 e. The number of benzene rings is 3.